The summed E-state index contributed by atoms with van der Waals surface area (Å²) in [7, 11) is -1.64. The zero-order valence-corrected chi connectivity index (χ0v) is 19.7. The van der Waals surface area contributed by atoms with Crippen molar-refractivity contribution in [1.82, 2.24) is 19.9 Å². The van der Waals surface area contributed by atoms with E-state index in [1.165, 1.54) is 26.7 Å². The fourth-order valence-electron chi connectivity index (χ4n) is 3.99. The van der Waals surface area contributed by atoms with Crippen LogP contribution in [0.4, 0.5) is 14.5 Å². The number of pyridine rings is 1. The number of nitrogens with one attached hydrogen (secondary N) is 2. The first-order valence-electron chi connectivity index (χ1n) is 10.1. The zero-order chi connectivity index (χ0) is 24.6. The van der Waals surface area contributed by atoms with Gasteiger partial charge in [-0.1, -0.05) is 11.6 Å². The predicted octanol–water partition coefficient (Wildman–Crippen LogP) is 3.11. The lowest BCUT2D eigenvalue weighted by atomic mass is 9.89. The average molecular weight is 512 g/mol. The number of anilines is 1. The maximum Gasteiger partial charge on any atom is 0.271 e. The molecule has 1 aliphatic rings. The molecule has 0 spiro atoms. The van der Waals surface area contributed by atoms with Crippen LogP contribution < -0.4 is 14.8 Å². The summed E-state index contributed by atoms with van der Waals surface area (Å²) in [6.07, 6.45) is 3.37. The summed E-state index contributed by atoms with van der Waals surface area (Å²) in [5.74, 6) is -3.01. The number of carbonyl (C=O) groups excluding carboxylic acids is 1. The summed E-state index contributed by atoms with van der Waals surface area (Å²) in [6.45, 7) is 0.176. The van der Waals surface area contributed by atoms with Crippen molar-refractivity contribution >= 4 is 33.2 Å². The largest absolute Gasteiger partial charge is 0.480 e. The molecule has 1 atom stereocenters. The van der Waals surface area contributed by atoms with Crippen molar-refractivity contribution in [2.24, 2.45) is 0 Å². The maximum absolute atomic E-state index is 15.5. The van der Waals surface area contributed by atoms with Crippen molar-refractivity contribution < 1.29 is 26.7 Å². The van der Waals surface area contributed by atoms with Gasteiger partial charge >= 0.3 is 0 Å². The maximum atomic E-state index is 15.5. The van der Waals surface area contributed by atoms with Crippen molar-refractivity contribution in [2.45, 2.75) is 30.2 Å². The van der Waals surface area contributed by atoms with Gasteiger partial charge in [-0.15, -0.1) is 0 Å². The van der Waals surface area contributed by atoms with Crippen LogP contribution in [0.15, 0.2) is 35.6 Å². The van der Waals surface area contributed by atoms with Gasteiger partial charge in [0.25, 0.3) is 15.9 Å². The van der Waals surface area contributed by atoms with Crippen LogP contribution in [0.5, 0.6) is 5.88 Å². The molecular weight excluding hydrogens is 492 g/mol. The highest BCUT2D eigenvalue weighted by Crippen LogP contribution is 2.36. The van der Waals surface area contributed by atoms with E-state index in [9.17, 15) is 17.6 Å². The van der Waals surface area contributed by atoms with Crippen LogP contribution in [0.2, 0.25) is 5.02 Å². The number of benzene rings is 1. The number of fused-ring (bicyclic) bond motifs is 1. The zero-order valence-electron chi connectivity index (χ0n) is 18.1. The average Bonchev–Trinajstić information content (AvgIpc) is 3.24. The topological polar surface area (TPSA) is 115 Å². The molecule has 0 fully saturated rings. The quantitative estimate of drug-likeness (QED) is 0.525. The minimum atomic E-state index is -4.36. The molecule has 2 N–H and O–H groups in total. The molecular formula is C21H20ClF2N5O4S. The highest BCUT2D eigenvalue weighted by molar-refractivity contribution is 7.92. The van der Waals surface area contributed by atoms with Crippen LogP contribution in [0, 0.1) is 11.6 Å². The van der Waals surface area contributed by atoms with Crippen LogP contribution in [0.1, 0.15) is 34.1 Å². The Balaban J connectivity index is 1.67. The molecule has 34 heavy (non-hydrogen) atoms. The van der Waals surface area contributed by atoms with E-state index in [0.717, 1.165) is 18.2 Å². The number of carbonyl (C=O) groups is 1. The minimum Gasteiger partial charge on any atom is -0.480 e. The van der Waals surface area contributed by atoms with Gasteiger partial charge in [-0.2, -0.15) is 0 Å². The monoisotopic (exact) mass is 511 g/mol. The van der Waals surface area contributed by atoms with Crippen LogP contribution in [0.3, 0.4) is 0 Å². The molecule has 4 rings (SSSR count). The van der Waals surface area contributed by atoms with E-state index >= 15 is 4.39 Å². The van der Waals surface area contributed by atoms with Gasteiger partial charge in [0.15, 0.2) is 10.7 Å². The van der Waals surface area contributed by atoms with Crippen molar-refractivity contribution in [3.8, 4) is 5.88 Å². The lowest BCUT2D eigenvalue weighted by Crippen LogP contribution is -2.25. The van der Waals surface area contributed by atoms with Gasteiger partial charge in [-0.05, 0) is 31.0 Å². The molecule has 1 amide bonds. The number of hydrogen-bond acceptors (Lipinski definition) is 6. The summed E-state index contributed by atoms with van der Waals surface area (Å²) in [6, 6.07) is 3.12. The Bertz CT molecular complexity index is 1380. The second-order valence-corrected chi connectivity index (χ2v) is 9.68. The molecule has 0 aliphatic carbocycles. The standard InChI is InChI=1S/C21H20ClF2N5O4S/c1-25-20(30)19-15-6-3-11(9-29(15)10-27-19)17-13(23)4-5-14(18(17)24)28-34(31,32)16-7-12(22)8-26-21(16)33-2/h4-5,7-8,10-11,28H,3,6,9H2,1-2H3,(H,25,30)/t11-/m1/s1. The highest BCUT2D eigenvalue weighted by atomic mass is 35.5. The van der Waals surface area contributed by atoms with Crippen LogP contribution in [-0.2, 0) is 23.0 Å². The van der Waals surface area contributed by atoms with E-state index in [4.69, 9.17) is 16.3 Å². The van der Waals surface area contributed by atoms with Gasteiger partial charge in [0.2, 0.25) is 5.88 Å². The first kappa shape index (κ1) is 23.9. The third-order valence-electron chi connectivity index (χ3n) is 5.58. The number of sulfonamides is 1. The van der Waals surface area contributed by atoms with E-state index in [1.54, 1.807) is 4.57 Å². The number of rotatable bonds is 6. The summed E-state index contributed by atoms with van der Waals surface area (Å²) >= 11 is 5.87. The lowest BCUT2D eigenvalue weighted by molar-refractivity contribution is 0.0957. The first-order valence-corrected chi connectivity index (χ1v) is 12.0. The molecule has 0 unspecified atom stereocenters. The number of amides is 1. The molecule has 0 bridgehead atoms. The van der Waals surface area contributed by atoms with Crippen molar-refractivity contribution in [1.29, 1.82) is 0 Å². The number of halogens is 3. The highest BCUT2D eigenvalue weighted by Gasteiger charge is 2.31. The molecule has 0 radical (unpaired) electrons. The third kappa shape index (κ3) is 4.30. The fraction of sp³-hybridized carbons (Fsp3) is 0.286. The lowest BCUT2D eigenvalue weighted by Gasteiger charge is -2.26. The molecule has 2 aromatic heterocycles. The van der Waals surface area contributed by atoms with Gasteiger partial charge in [0.05, 0.1) is 29.8 Å². The number of hydrogen-bond donors (Lipinski definition) is 2. The van der Waals surface area contributed by atoms with Gasteiger partial charge in [0, 0.05) is 31.3 Å². The fourth-order valence-corrected chi connectivity index (χ4v) is 5.41. The number of methoxy groups -OCH3 is 1. The van der Waals surface area contributed by atoms with E-state index in [-0.39, 0.29) is 34.6 Å². The van der Waals surface area contributed by atoms with Gasteiger partial charge in [0.1, 0.15) is 11.5 Å². The van der Waals surface area contributed by atoms with Gasteiger partial charge in [-0.25, -0.2) is 27.2 Å². The molecule has 1 aliphatic heterocycles. The molecule has 3 heterocycles. The molecule has 180 valence electrons. The minimum absolute atomic E-state index is 0.0379. The van der Waals surface area contributed by atoms with Crippen LogP contribution in [-0.4, -0.2) is 43.0 Å². The Morgan fingerprint density at radius 1 is 1.29 bits per heavy atom. The van der Waals surface area contributed by atoms with E-state index < -0.39 is 38.2 Å². The summed E-state index contributed by atoms with van der Waals surface area (Å²) < 4.78 is 64.8. The molecule has 9 nitrogen and oxygen atoms in total. The van der Waals surface area contributed by atoms with E-state index in [2.05, 4.69) is 20.0 Å². The van der Waals surface area contributed by atoms with Crippen LogP contribution in [0.25, 0.3) is 0 Å². The molecule has 1 aromatic carbocycles. The van der Waals surface area contributed by atoms with Gasteiger partial charge < -0.3 is 14.6 Å². The third-order valence-corrected chi connectivity index (χ3v) is 7.15. The van der Waals surface area contributed by atoms with Gasteiger partial charge in [-0.3, -0.25) is 9.52 Å². The molecule has 0 saturated heterocycles. The molecule has 3 aromatic rings. The number of nitrogens with zero attached hydrogens (tertiary/aromatic N) is 3. The number of aromatic nitrogens is 3. The Labute approximate surface area is 199 Å². The van der Waals surface area contributed by atoms with Crippen LogP contribution >= 0.6 is 11.6 Å². The first-order chi connectivity index (χ1) is 16.2. The Hall–Kier alpha value is -3.25. The normalized spacial score (nSPS) is 15.5. The second kappa shape index (κ2) is 9.18. The number of ether oxygens (including phenoxy) is 1. The Morgan fingerprint density at radius 3 is 2.76 bits per heavy atom. The summed E-state index contributed by atoms with van der Waals surface area (Å²) in [5.41, 5.74) is 0.263. The predicted molar refractivity (Wildman–Crippen MR) is 120 cm³/mol. The molecule has 13 heteroatoms. The Kier molecular flexibility index (Phi) is 6.45. The van der Waals surface area contributed by atoms with E-state index in [0.29, 0.717) is 18.5 Å². The second-order valence-electron chi connectivity index (χ2n) is 7.60. The smallest absolute Gasteiger partial charge is 0.271 e. The SMILES string of the molecule is CNC(=O)c1ncn2c1CC[C@@H](c1c(F)ccc(NS(=O)(=O)c3cc(Cl)cnc3OC)c1F)C2. The van der Waals surface area contributed by atoms with Crippen molar-refractivity contribution in [3.63, 3.8) is 0 Å². The summed E-state index contributed by atoms with van der Waals surface area (Å²) in [4.78, 5) is 19.5. The molecule has 0 saturated carbocycles. The van der Waals surface area contributed by atoms with Crippen molar-refractivity contribution in [3.05, 3.63) is 64.3 Å². The Morgan fingerprint density at radius 2 is 2.06 bits per heavy atom. The van der Waals surface area contributed by atoms with Crippen molar-refractivity contribution in [2.75, 3.05) is 18.9 Å². The van der Waals surface area contributed by atoms with E-state index in [1.807, 2.05) is 0 Å². The number of imidazole rings is 1. The summed E-state index contributed by atoms with van der Waals surface area (Å²) in [5, 5.41) is 2.55.